The summed E-state index contributed by atoms with van der Waals surface area (Å²) in [7, 11) is 0. The Bertz CT molecular complexity index is 681. The molecule has 0 heterocycles. The third kappa shape index (κ3) is 4.75. The highest BCUT2D eigenvalue weighted by atomic mass is 19.4. The smallest absolute Gasteiger partial charge is 0.416 e. The number of rotatable bonds is 6. The van der Waals surface area contributed by atoms with E-state index in [4.69, 9.17) is 4.74 Å². The van der Waals surface area contributed by atoms with Gasteiger partial charge in [-0.05, 0) is 42.8 Å². The minimum atomic E-state index is -4.38. The van der Waals surface area contributed by atoms with Crippen LogP contribution in [0.3, 0.4) is 0 Å². The second-order valence-electron chi connectivity index (χ2n) is 5.24. The average molecular weight is 337 g/mol. The molecule has 2 rings (SSSR count). The maximum Gasteiger partial charge on any atom is 0.416 e. The maximum atomic E-state index is 12.6. The number of unbranched alkanes of at least 4 members (excludes halogenated alkanes) is 1. The van der Waals surface area contributed by atoms with Crippen molar-refractivity contribution in [2.45, 2.75) is 25.9 Å². The zero-order valence-electron chi connectivity index (χ0n) is 13.2. The molecule has 0 bridgehead atoms. The summed E-state index contributed by atoms with van der Waals surface area (Å²) >= 11 is 0. The lowest BCUT2D eigenvalue weighted by Crippen LogP contribution is -2.09. The molecule has 0 atom stereocenters. The first-order chi connectivity index (χ1) is 11.4. The number of anilines is 2. The van der Waals surface area contributed by atoms with E-state index in [-0.39, 0.29) is 0 Å². The van der Waals surface area contributed by atoms with E-state index >= 15 is 0 Å². The summed E-state index contributed by atoms with van der Waals surface area (Å²) in [4.78, 5) is 12.1. The van der Waals surface area contributed by atoms with Crippen molar-refractivity contribution in [3.63, 3.8) is 0 Å². The number of para-hydroxylation sites is 1. The van der Waals surface area contributed by atoms with Crippen molar-refractivity contribution in [2.75, 3.05) is 11.9 Å². The Morgan fingerprint density at radius 3 is 2.38 bits per heavy atom. The monoisotopic (exact) mass is 337 g/mol. The van der Waals surface area contributed by atoms with Gasteiger partial charge in [0.25, 0.3) is 0 Å². The van der Waals surface area contributed by atoms with Gasteiger partial charge in [-0.15, -0.1) is 0 Å². The Balaban J connectivity index is 2.14. The van der Waals surface area contributed by atoms with Gasteiger partial charge in [0.1, 0.15) is 0 Å². The number of alkyl halides is 3. The van der Waals surface area contributed by atoms with Crippen LogP contribution >= 0.6 is 0 Å². The summed E-state index contributed by atoms with van der Waals surface area (Å²) in [6.45, 7) is 2.33. The Kier molecular flexibility index (Phi) is 5.84. The van der Waals surface area contributed by atoms with Crippen LogP contribution in [0.4, 0.5) is 24.5 Å². The maximum absolute atomic E-state index is 12.6. The Hall–Kier alpha value is -2.50. The SMILES string of the molecule is CCCCOC(=O)c1ccccc1Nc1ccc(C(F)(F)F)cc1. The number of benzene rings is 2. The highest BCUT2D eigenvalue weighted by Crippen LogP contribution is 2.30. The predicted octanol–water partition coefficient (Wildman–Crippen LogP) is 5.41. The Morgan fingerprint density at radius 2 is 1.75 bits per heavy atom. The summed E-state index contributed by atoms with van der Waals surface area (Å²) in [5, 5.41) is 2.95. The molecule has 2 aromatic carbocycles. The van der Waals surface area contributed by atoms with Crippen molar-refractivity contribution in [3.8, 4) is 0 Å². The van der Waals surface area contributed by atoms with E-state index in [9.17, 15) is 18.0 Å². The normalized spacial score (nSPS) is 11.2. The van der Waals surface area contributed by atoms with Crippen LogP contribution in [0.5, 0.6) is 0 Å². The van der Waals surface area contributed by atoms with Gasteiger partial charge in [0, 0.05) is 5.69 Å². The minimum Gasteiger partial charge on any atom is -0.462 e. The van der Waals surface area contributed by atoms with Crippen LogP contribution in [0.15, 0.2) is 48.5 Å². The third-order valence-electron chi connectivity index (χ3n) is 3.37. The summed E-state index contributed by atoms with van der Waals surface area (Å²) < 4.78 is 42.9. The summed E-state index contributed by atoms with van der Waals surface area (Å²) in [6, 6.07) is 11.3. The molecule has 0 unspecified atom stereocenters. The average Bonchev–Trinajstić information content (AvgIpc) is 2.55. The van der Waals surface area contributed by atoms with Gasteiger partial charge in [-0.1, -0.05) is 25.5 Å². The number of halogens is 3. The minimum absolute atomic E-state index is 0.337. The first-order valence-electron chi connectivity index (χ1n) is 7.62. The molecule has 0 aliphatic rings. The number of hydrogen-bond donors (Lipinski definition) is 1. The van der Waals surface area contributed by atoms with Crippen molar-refractivity contribution >= 4 is 17.3 Å². The summed E-state index contributed by atoms with van der Waals surface area (Å²) in [5.41, 5.74) is 0.560. The van der Waals surface area contributed by atoms with Gasteiger partial charge >= 0.3 is 12.1 Å². The highest BCUT2D eigenvalue weighted by Gasteiger charge is 2.29. The Morgan fingerprint density at radius 1 is 1.08 bits per heavy atom. The number of carbonyl (C=O) groups excluding carboxylic acids is 1. The quantitative estimate of drug-likeness (QED) is 0.566. The first kappa shape index (κ1) is 17.8. The number of esters is 1. The zero-order valence-corrected chi connectivity index (χ0v) is 13.2. The van der Waals surface area contributed by atoms with E-state index in [2.05, 4.69) is 5.32 Å². The van der Waals surface area contributed by atoms with Gasteiger partial charge in [0.2, 0.25) is 0 Å². The van der Waals surface area contributed by atoms with E-state index in [0.717, 1.165) is 25.0 Å². The molecule has 2 aromatic rings. The van der Waals surface area contributed by atoms with Gasteiger partial charge in [-0.2, -0.15) is 13.2 Å². The van der Waals surface area contributed by atoms with Crippen LogP contribution in [0.2, 0.25) is 0 Å². The van der Waals surface area contributed by atoms with E-state index in [1.807, 2.05) is 6.92 Å². The molecule has 0 saturated carbocycles. The van der Waals surface area contributed by atoms with Gasteiger partial charge in [-0.3, -0.25) is 0 Å². The number of carbonyl (C=O) groups is 1. The second kappa shape index (κ2) is 7.86. The van der Waals surface area contributed by atoms with E-state index < -0.39 is 17.7 Å². The highest BCUT2D eigenvalue weighted by molar-refractivity contribution is 5.96. The molecule has 0 saturated heterocycles. The molecule has 0 aliphatic heterocycles. The van der Waals surface area contributed by atoms with Crippen LogP contribution in [0, 0.1) is 0 Å². The van der Waals surface area contributed by atoms with Crippen molar-refractivity contribution in [2.24, 2.45) is 0 Å². The third-order valence-corrected chi connectivity index (χ3v) is 3.37. The molecule has 0 aromatic heterocycles. The summed E-state index contributed by atoms with van der Waals surface area (Å²) in [5.74, 6) is -0.460. The lowest BCUT2D eigenvalue weighted by atomic mass is 10.1. The molecule has 0 aliphatic carbocycles. The fraction of sp³-hybridized carbons (Fsp3) is 0.278. The lowest BCUT2D eigenvalue weighted by Gasteiger charge is -2.13. The van der Waals surface area contributed by atoms with Gasteiger partial charge < -0.3 is 10.1 Å². The van der Waals surface area contributed by atoms with E-state index in [0.29, 0.717) is 23.5 Å². The fourth-order valence-corrected chi connectivity index (χ4v) is 2.06. The summed E-state index contributed by atoms with van der Waals surface area (Å²) in [6.07, 6.45) is -2.68. The topological polar surface area (TPSA) is 38.3 Å². The van der Waals surface area contributed by atoms with Gasteiger partial charge in [0.15, 0.2) is 0 Å². The largest absolute Gasteiger partial charge is 0.462 e. The fourth-order valence-electron chi connectivity index (χ4n) is 2.06. The number of hydrogen-bond acceptors (Lipinski definition) is 3. The molecule has 0 spiro atoms. The molecule has 128 valence electrons. The predicted molar refractivity (Wildman–Crippen MR) is 86.4 cm³/mol. The van der Waals surface area contributed by atoms with Crippen LogP contribution < -0.4 is 5.32 Å². The Labute approximate surface area is 138 Å². The molecular formula is C18H18F3NO2. The molecule has 3 nitrogen and oxygen atoms in total. The molecule has 0 amide bonds. The van der Waals surface area contributed by atoms with Crippen LogP contribution in [-0.2, 0) is 10.9 Å². The molecular weight excluding hydrogens is 319 g/mol. The molecule has 0 fully saturated rings. The number of nitrogens with one attached hydrogen (secondary N) is 1. The van der Waals surface area contributed by atoms with Crippen molar-refractivity contribution in [1.29, 1.82) is 0 Å². The molecule has 24 heavy (non-hydrogen) atoms. The van der Waals surface area contributed by atoms with E-state index in [1.54, 1.807) is 24.3 Å². The molecule has 6 heteroatoms. The zero-order chi connectivity index (χ0) is 17.6. The van der Waals surface area contributed by atoms with Crippen LogP contribution in [-0.4, -0.2) is 12.6 Å². The van der Waals surface area contributed by atoms with E-state index in [1.165, 1.54) is 12.1 Å². The first-order valence-corrected chi connectivity index (χ1v) is 7.62. The second-order valence-corrected chi connectivity index (χ2v) is 5.24. The van der Waals surface area contributed by atoms with Crippen LogP contribution in [0.1, 0.15) is 35.7 Å². The molecule has 0 radical (unpaired) electrons. The van der Waals surface area contributed by atoms with Crippen molar-refractivity contribution < 1.29 is 22.7 Å². The standard InChI is InChI=1S/C18H18F3NO2/c1-2-3-12-24-17(23)15-6-4-5-7-16(15)22-14-10-8-13(9-11-14)18(19,20)21/h4-11,22H,2-3,12H2,1H3. The van der Waals surface area contributed by atoms with Gasteiger partial charge in [-0.25, -0.2) is 4.79 Å². The van der Waals surface area contributed by atoms with Crippen molar-refractivity contribution in [1.82, 2.24) is 0 Å². The van der Waals surface area contributed by atoms with Crippen molar-refractivity contribution in [3.05, 3.63) is 59.7 Å². The molecule has 1 N–H and O–H groups in total. The lowest BCUT2D eigenvalue weighted by molar-refractivity contribution is -0.137. The van der Waals surface area contributed by atoms with Crippen LogP contribution in [0.25, 0.3) is 0 Å². The number of ether oxygens (including phenoxy) is 1. The van der Waals surface area contributed by atoms with Gasteiger partial charge in [0.05, 0.1) is 23.4 Å².